The first-order valence-corrected chi connectivity index (χ1v) is 8.29. The van der Waals surface area contributed by atoms with Gasteiger partial charge in [-0.3, -0.25) is 9.69 Å². The molecule has 1 aliphatic heterocycles. The minimum Gasteiger partial charge on any atom is -0.406 e. The van der Waals surface area contributed by atoms with Crippen molar-refractivity contribution >= 4 is 11.6 Å². The second kappa shape index (κ2) is 7.37. The van der Waals surface area contributed by atoms with Crippen molar-refractivity contribution in [3.63, 3.8) is 0 Å². The zero-order valence-electron chi connectivity index (χ0n) is 14.2. The van der Waals surface area contributed by atoms with E-state index in [0.29, 0.717) is 12.2 Å². The Labute approximate surface area is 149 Å². The molecule has 26 heavy (non-hydrogen) atoms. The molecule has 138 valence electrons. The summed E-state index contributed by atoms with van der Waals surface area (Å²) in [4.78, 5) is 14.6. The predicted octanol–water partition coefficient (Wildman–Crippen LogP) is 3.97. The first kappa shape index (κ1) is 18.3. The standard InChI is InChI=1S/C19H19F3N2O2/c1-13(24-11-10-14-4-2-3-5-15(14)12-24)18(25)23-16-6-8-17(9-7-16)26-19(20,21)22/h2-9,13H,10-12H2,1H3,(H,23,25)/t13-/m1/s1. The topological polar surface area (TPSA) is 41.6 Å². The molecule has 0 fully saturated rings. The van der Waals surface area contributed by atoms with Crippen molar-refractivity contribution in [1.29, 1.82) is 0 Å². The van der Waals surface area contributed by atoms with Crippen LogP contribution in [0.25, 0.3) is 0 Å². The summed E-state index contributed by atoms with van der Waals surface area (Å²) in [5.41, 5.74) is 2.94. The lowest BCUT2D eigenvalue weighted by Crippen LogP contribution is -2.44. The molecular formula is C19H19F3N2O2. The van der Waals surface area contributed by atoms with Gasteiger partial charge in [-0.15, -0.1) is 13.2 Å². The molecule has 2 aromatic carbocycles. The van der Waals surface area contributed by atoms with Crippen LogP contribution < -0.4 is 10.1 Å². The summed E-state index contributed by atoms with van der Waals surface area (Å²) in [7, 11) is 0. The highest BCUT2D eigenvalue weighted by molar-refractivity contribution is 5.94. The van der Waals surface area contributed by atoms with Crippen molar-refractivity contribution < 1.29 is 22.7 Å². The number of nitrogens with one attached hydrogen (secondary N) is 1. The summed E-state index contributed by atoms with van der Waals surface area (Å²) >= 11 is 0. The van der Waals surface area contributed by atoms with Crippen molar-refractivity contribution in [3.05, 3.63) is 59.7 Å². The number of ether oxygens (including phenoxy) is 1. The van der Waals surface area contributed by atoms with E-state index >= 15 is 0 Å². The first-order valence-electron chi connectivity index (χ1n) is 8.29. The number of amides is 1. The molecule has 0 saturated heterocycles. The van der Waals surface area contributed by atoms with Gasteiger partial charge < -0.3 is 10.1 Å². The van der Waals surface area contributed by atoms with Crippen LogP contribution in [0, 0.1) is 0 Å². The van der Waals surface area contributed by atoms with Gasteiger partial charge in [-0.1, -0.05) is 24.3 Å². The first-order chi connectivity index (χ1) is 12.3. The molecule has 1 atom stereocenters. The number of rotatable bonds is 4. The molecular weight excluding hydrogens is 345 g/mol. The van der Waals surface area contributed by atoms with Gasteiger partial charge in [0.25, 0.3) is 0 Å². The number of alkyl halides is 3. The largest absolute Gasteiger partial charge is 0.573 e. The maximum absolute atomic E-state index is 12.5. The van der Waals surface area contributed by atoms with Crippen molar-refractivity contribution in [2.45, 2.75) is 32.3 Å². The van der Waals surface area contributed by atoms with E-state index in [1.165, 1.54) is 35.4 Å². The highest BCUT2D eigenvalue weighted by Gasteiger charge is 2.31. The Morgan fingerprint density at radius 1 is 1.12 bits per heavy atom. The highest BCUT2D eigenvalue weighted by atomic mass is 19.4. The Morgan fingerprint density at radius 3 is 2.42 bits per heavy atom. The molecule has 1 heterocycles. The van der Waals surface area contributed by atoms with E-state index in [0.717, 1.165) is 13.0 Å². The molecule has 1 aliphatic rings. The van der Waals surface area contributed by atoms with Crippen LogP contribution in [0.5, 0.6) is 5.75 Å². The van der Waals surface area contributed by atoms with E-state index in [1.807, 2.05) is 19.1 Å². The number of fused-ring (bicyclic) bond motifs is 1. The molecule has 0 bridgehead atoms. The Balaban J connectivity index is 1.59. The highest BCUT2D eigenvalue weighted by Crippen LogP contribution is 2.24. The van der Waals surface area contributed by atoms with Gasteiger partial charge in [0.15, 0.2) is 0 Å². The lowest BCUT2D eigenvalue weighted by Gasteiger charge is -2.32. The number of benzene rings is 2. The van der Waals surface area contributed by atoms with Gasteiger partial charge >= 0.3 is 6.36 Å². The van der Waals surface area contributed by atoms with E-state index in [9.17, 15) is 18.0 Å². The molecule has 0 radical (unpaired) electrons. The van der Waals surface area contributed by atoms with Crippen LogP contribution in [0.2, 0.25) is 0 Å². The van der Waals surface area contributed by atoms with Crippen LogP contribution in [0.3, 0.4) is 0 Å². The van der Waals surface area contributed by atoms with Gasteiger partial charge in [0.05, 0.1) is 6.04 Å². The normalized spacial score (nSPS) is 15.8. The fraction of sp³-hybridized carbons (Fsp3) is 0.316. The summed E-state index contributed by atoms with van der Waals surface area (Å²) in [5, 5.41) is 2.74. The van der Waals surface area contributed by atoms with Crippen molar-refractivity contribution in [3.8, 4) is 5.75 Å². The third kappa shape index (κ3) is 4.54. The van der Waals surface area contributed by atoms with Crippen LogP contribution in [0.4, 0.5) is 18.9 Å². The smallest absolute Gasteiger partial charge is 0.406 e. The van der Waals surface area contributed by atoms with Crippen molar-refractivity contribution in [1.82, 2.24) is 4.90 Å². The molecule has 0 aromatic heterocycles. The van der Waals surface area contributed by atoms with E-state index in [4.69, 9.17) is 0 Å². The van der Waals surface area contributed by atoms with E-state index < -0.39 is 6.36 Å². The van der Waals surface area contributed by atoms with Crippen molar-refractivity contribution in [2.75, 3.05) is 11.9 Å². The van der Waals surface area contributed by atoms with Crippen LogP contribution in [0.15, 0.2) is 48.5 Å². The van der Waals surface area contributed by atoms with Crippen molar-refractivity contribution in [2.24, 2.45) is 0 Å². The number of carbonyl (C=O) groups excluding carboxylic acids is 1. The minimum atomic E-state index is -4.73. The summed E-state index contributed by atoms with van der Waals surface area (Å²) < 4.78 is 40.3. The van der Waals surface area contributed by atoms with Gasteiger partial charge in [0.2, 0.25) is 5.91 Å². The number of anilines is 1. The average molecular weight is 364 g/mol. The number of halogens is 3. The fourth-order valence-corrected chi connectivity index (χ4v) is 3.00. The molecule has 0 saturated carbocycles. The van der Waals surface area contributed by atoms with E-state index in [1.54, 1.807) is 0 Å². The quantitative estimate of drug-likeness (QED) is 0.893. The Hall–Kier alpha value is -2.54. The average Bonchev–Trinajstić information content (AvgIpc) is 2.61. The van der Waals surface area contributed by atoms with Gasteiger partial charge in [-0.05, 0) is 48.7 Å². The van der Waals surface area contributed by atoms with Crippen LogP contribution in [-0.4, -0.2) is 29.8 Å². The van der Waals surface area contributed by atoms with Gasteiger partial charge in [-0.25, -0.2) is 0 Å². The second-order valence-electron chi connectivity index (χ2n) is 6.23. The molecule has 3 rings (SSSR count). The molecule has 0 spiro atoms. The molecule has 1 N–H and O–H groups in total. The predicted molar refractivity (Wildman–Crippen MR) is 91.8 cm³/mol. The maximum atomic E-state index is 12.5. The summed E-state index contributed by atoms with van der Waals surface area (Å²) in [6, 6.07) is 12.9. The molecule has 7 heteroatoms. The minimum absolute atomic E-state index is 0.200. The molecule has 0 aliphatic carbocycles. The monoisotopic (exact) mass is 364 g/mol. The maximum Gasteiger partial charge on any atom is 0.573 e. The fourth-order valence-electron chi connectivity index (χ4n) is 3.00. The number of nitrogens with zero attached hydrogens (tertiary/aromatic N) is 1. The van der Waals surface area contributed by atoms with Gasteiger partial charge in [0.1, 0.15) is 5.75 Å². The zero-order chi connectivity index (χ0) is 18.7. The summed E-state index contributed by atoms with van der Waals surface area (Å²) in [5.74, 6) is -0.523. The lowest BCUT2D eigenvalue weighted by molar-refractivity contribution is -0.274. The Bertz CT molecular complexity index is 775. The Morgan fingerprint density at radius 2 is 1.77 bits per heavy atom. The Kier molecular flexibility index (Phi) is 5.18. The van der Waals surface area contributed by atoms with Crippen LogP contribution in [0.1, 0.15) is 18.1 Å². The SMILES string of the molecule is C[C@H](C(=O)Nc1ccc(OC(F)(F)F)cc1)N1CCc2ccccc2C1. The molecule has 4 nitrogen and oxygen atoms in total. The van der Waals surface area contributed by atoms with Gasteiger partial charge in [0, 0.05) is 18.8 Å². The third-order valence-corrected chi connectivity index (χ3v) is 4.44. The molecule has 0 unspecified atom stereocenters. The third-order valence-electron chi connectivity index (χ3n) is 4.44. The van der Waals surface area contributed by atoms with E-state index in [-0.39, 0.29) is 17.7 Å². The zero-order valence-corrected chi connectivity index (χ0v) is 14.2. The molecule has 2 aromatic rings. The van der Waals surface area contributed by atoms with Gasteiger partial charge in [-0.2, -0.15) is 0 Å². The number of hydrogen-bond donors (Lipinski definition) is 1. The summed E-state index contributed by atoms with van der Waals surface area (Å²) in [6.45, 7) is 3.30. The number of hydrogen-bond acceptors (Lipinski definition) is 3. The summed E-state index contributed by atoms with van der Waals surface area (Å²) in [6.07, 6.45) is -3.85. The lowest BCUT2D eigenvalue weighted by atomic mass is 9.99. The van der Waals surface area contributed by atoms with Crippen LogP contribution >= 0.6 is 0 Å². The van der Waals surface area contributed by atoms with Crippen LogP contribution in [-0.2, 0) is 17.8 Å². The molecule has 1 amide bonds. The van der Waals surface area contributed by atoms with E-state index in [2.05, 4.69) is 27.1 Å². The second-order valence-corrected chi connectivity index (χ2v) is 6.23. The number of carbonyl (C=O) groups is 1.